The summed E-state index contributed by atoms with van der Waals surface area (Å²) in [7, 11) is 0. The van der Waals surface area contributed by atoms with Gasteiger partial charge in [0.1, 0.15) is 5.76 Å². The Hall–Kier alpha value is -1.89. The number of carbonyl (C=O) groups is 2. The van der Waals surface area contributed by atoms with Gasteiger partial charge in [-0.1, -0.05) is 5.16 Å². The lowest BCUT2D eigenvalue weighted by molar-refractivity contribution is -0.121. The van der Waals surface area contributed by atoms with E-state index in [-0.39, 0.29) is 11.8 Å². The summed E-state index contributed by atoms with van der Waals surface area (Å²) >= 11 is 0. The molecule has 1 heterocycles. The van der Waals surface area contributed by atoms with Crippen LogP contribution in [0.15, 0.2) is 10.6 Å². The number of hydrogen-bond acceptors (Lipinski definition) is 5. The number of hydrogen-bond donors (Lipinski definition) is 3. The van der Waals surface area contributed by atoms with E-state index >= 15 is 0 Å². The van der Waals surface area contributed by atoms with Crippen LogP contribution in [0.3, 0.4) is 0 Å². The van der Waals surface area contributed by atoms with Gasteiger partial charge >= 0.3 is 0 Å². The molecule has 0 spiro atoms. The minimum Gasteiger partial charge on any atom is -0.360 e. The Balaban J connectivity index is 1.57. The van der Waals surface area contributed by atoms with Gasteiger partial charge in [-0.15, -0.1) is 0 Å². The smallest absolute Gasteiger partial charge is 0.273 e. The van der Waals surface area contributed by atoms with Crippen molar-refractivity contribution in [3.8, 4) is 0 Å². The van der Waals surface area contributed by atoms with E-state index in [1.165, 1.54) is 0 Å². The summed E-state index contributed by atoms with van der Waals surface area (Å²) in [5.74, 6) is 0.880. The Kier molecular flexibility index (Phi) is 5.32. The van der Waals surface area contributed by atoms with Crippen LogP contribution in [-0.2, 0) is 4.79 Å². The Bertz CT molecular complexity index is 494. The second-order valence-electron chi connectivity index (χ2n) is 5.43. The van der Waals surface area contributed by atoms with E-state index in [4.69, 9.17) is 10.3 Å². The second-order valence-corrected chi connectivity index (χ2v) is 5.43. The molecule has 0 radical (unpaired) electrons. The minimum atomic E-state index is -0.488. The van der Waals surface area contributed by atoms with Crippen LogP contribution in [0.4, 0.5) is 0 Å². The lowest BCUT2D eigenvalue weighted by Gasteiger charge is -2.07. The molecule has 0 bridgehead atoms. The molecule has 7 heteroatoms. The topological polar surface area (TPSA) is 110 Å². The maximum atomic E-state index is 11.8. The molecule has 1 aromatic heterocycles. The van der Waals surface area contributed by atoms with Crippen LogP contribution in [-0.4, -0.2) is 36.1 Å². The maximum absolute atomic E-state index is 11.8. The highest BCUT2D eigenvalue weighted by Gasteiger charge is 2.28. The van der Waals surface area contributed by atoms with Crippen LogP contribution in [0.25, 0.3) is 0 Å². The normalized spacial score (nSPS) is 15.5. The van der Waals surface area contributed by atoms with Crippen molar-refractivity contribution < 1.29 is 14.1 Å². The van der Waals surface area contributed by atoms with Crippen LogP contribution < -0.4 is 16.4 Å². The number of rotatable bonds is 8. The lowest BCUT2D eigenvalue weighted by Crippen LogP contribution is -2.38. The molecule has 21 heavy (non-hydrogen) atoms. The standard InChI is InChI=1S/C14H22N4O3/c1-9(15)13(19)16-6-2-3-7-17-14(20)11-8-12(21-18-11)10-4-5-10/h8-10H,2-7,15H2,1H3,(H,16,19)(H,17,20)/t9-/m0/s1. The van der Waals surface area contributed by atoms with Crippen LogP contribution in [0.2, 0.25) is 0 Å². The van der Waals surface area contributed by atoms with Gasteiger partial charge in [-0.2, -0.15) is 0 Å². The molecule has 1 fully saturated rings. The molecule has 7 nitrogen and oxygen atoms in total. The van der Waals surface area contributed by atoms with Crippen LogP contribution in [0, 0.1) is 0 Å². The van der Waals surface area contributed by atoms with Gasteiger partial charge in [-0.3, -0.25) is 9.59 Å². The quantitative estimate of drug-likeness (QED) is 0.606. The first-order valence-corrected chi connectivity index (χ1v) is 7.36. The molecule has 0 aromatic carbocycles. The summed E-state index contributed by atoms with van der Waals surface area (Å²) in [6.45, 7) is 2.74. The number of nitrogens with one attached hydrogen (secondary N) is 2. The molecule has 4 N–H and O–H groups in total. The summed E-state index contributed by atoms with van der Waals surface area (Å²) in [6, 6.07) is 1.23. The molecule has 1 atom stereocenters. The average molecular weight is 294 g/mol. The first-order valence-electron chi connectivity index (χ1n) is 7.36. The van der Waals surface area contributed by atoms with E-state index in [2.05, 4.69) is 15.8 Å². The fourth-order valence-corrected chi connectivity index (χ4v) is 1.87. The molecular formula is C14H22N4O3. The van der Waals surface area contributed by atoms with Gasteiger partial charge in [0.15, 0.2) is 5.69 Å². The molecule has 0 aliphatic heterocycles. The monoisotopic (exact) mass is 294 g/mol. The second kappa shape index (κ2) is 7.21. The fourth-order valence-electron chi connectivity index (χ4n) is 1.87. The first-order chi connectivity index (χ1) is 10.1. The number of unbranched alkanes of at least 4 members (excludes halogenated alkanes) is 1. The van der Waals surface area contributed by atoms with E-state index in [1.54, 1.807) is 13.0 Å². The summed E-state index contributed by atoms with van der Waals surface area (Å²) in [5.41, 5.74) is 5.76. The zero-order valence-electron chi connectivity index (χ0n) is 12.2. The van der Waals surface area contributed by atoms with Gasteiger partial charge in [-0.25, -0.2) is 0 Å². The Morgan fingerprint density at radius 2 is 2.05 bits per heavy atom. The Labute approximate surface area is 123 Å². The first kappa shape index (κ1) is 15.5. The third-order valence-electron chi connectivity index (χ3n) is 3.34. The van der Waals surface area contributed by atoms with Crippen molar-refractivity contribution in [3.63, 3.8) is 0 Å². The number of amides is 2. The zero-order valence-corrected chi connectivity index (χ0v) is 12.2. The number of aromatic nitrogens is 1. The van der Waals surface area contributed by atoms with Crippen molar-refractivity contribution in [2.45, 2.75) is 44.6 Å². The van der Waals surface area contributed by atoms with Crippen molar-refractivity contribution in [3.05, 3.63) is 17.5 Å². The lowest BCUT2D eigenvalue weighted by atomic mass is 10.2. The maximum Gasteiger partial charge on any atom is 0.273 e. The van der Waals surface area contributed by atoms with Crippen LogP contribution in [0.5, 0.6) is 0 Å². The van der Waals surface area contributed by atoms with Crippen LogP contribution >= 0.6 is 0 Å². The van der Waals surface area contributed by atoms with E-state index in [1.807, 2.05) is 0 Å². The minimum absolute atomic E-state index is 0.158. The molecule has 116 valence electrons. The fraction of sp³-hybridized carbons (Fsp3) is 0.643. The predicted molar refractivity (Wildman–Crippen MR) is 76.7 cm³/mol. The highest BCUT2D eigenvalue weighted by atomic mass is 16.5. The number of nitrogens with zero attached hydrogens (tertiary/aromatic N) is 1. The van der Waals surface area contributed by atoms with E-state index in [9.17, 15) is 9.59 Å². The highest BCUT2D eigenvalue weighted by molar-refractivity contribution is 5.92. The van der Waals surface area contributed by atoms with Gasteiger partial charge in [0.25, 0.3) is 5.91 Å². The van der Waals surface area contributed by atoms with Gasteiger partial charge < -0.3 is 20.9 Å². The van der Waals surface area contributed by atoms with Crippen LogP contribution in [0.1, 0.15) is 54.8 Å². The van der Waals surface area contributed by atoms with Gasteiger partial charge in [0.2, 0.25) is 5.91 Å². The van der Waals surface area contributed by atoms with E-state index in [0.29, 0.717) is 24.7 Å². The van der Waals surface area contributed by atoms with Crippen molar-refractivity contribution in [1.82, 2.24) is 15.8 Å². The SMILES string of the molecule is C[C@H](N)C(=O)NCCCCNC(=O)c1cc(C2CC2)on1. The van der Waals surface area contributed by atoms with E-state index < -0.39 is 6.04 Å². The molecule has 0 unspecified atom stereocenters. The Morgan fingerprint density at radius 1 is 1.38 bits per heavy atom. The van der Waals surface area contributed by atoms with Crippen molar-refractivity contribution >= 4 is 11.8 Å². The van der Waals surface area contributed by atoms with Gasteiger partial charge in [0, 0.05) is 25.1 Å². The largest absolute Gasteiger partial charge is 0.360 e. The number of carbonyl (C=O) groups excluding carboxylic acids is 2. The average Bonchev–Trinajstić information content (AvgIpc) is 3.19. The molecule has 2 rings (SSSR count). The third-order valence-corrected chi connectivity index (χ3v) is 3.34. The molecule has 0 saturated heterocycles. The van der Waals surface area contributed by atoms with Crippen molar-refractivity contribution in [2.24, 2.45) is 5.73 Å². The summed E-state index contributed by atoms with van der Waals surface area (Å²) in [6.07, 6.45) is 3.79. The molecule has 1 aliphatic carbocycles. The van der Waals surface area contributed by atoms with Crippen molar-refractivity contribution in [2.75, 3.05) is 13.1 Å². The summed E-state index contributed by atoms with van der Waals surface area (Å²) in [5, 5.41) is 9.28. The molecular weight excluding hydrogens is 272 g/mol. The van der Waals surface area contributed by atoms with E-state index in [0.717, 1.165) is 31.4 Å². The Morgan fingerprint density at radius 3 is 2.67 bits per heavy atom. The third kappa shape index (κ3) is 4.86. The molecule has 1 saturated carbocycles. The highest BCUT2D eigenvalue weighted by Crippen LogP contribution is 2.40. The summed E-state index contributed by atoms with van der Waals surface area (Å²) < 4.78 is 5.13. The number of nitrogens with two attached hydrogens (primary N) is 1. The molecule has 1 aliphatic rings. The van der Waals surface area contributed by atoms with Gasteiger partial charge in [-0.05, 0) is 32.6 Å². The van der Waals surface area contributed by atoms with Gasteiger partial charge in [0.05, 0.1) is 6.04 Å². The summed E-state index contributed by atoms with van der Waals surface area (Å²) in [4.78, 5) is 23.0. The molecule has 1 aromatic rings. The predicted octanol–water partition coefficient (Wildman–Crippen LogP) is 0.525. The van der Waals surface area contributed by atoms with Crippen molar-refractivity contribution in [1.29, 1.82) is 0 Å². The zero-order chi connectivity index (χ0) is 15.2. The molecule has 2 amide bonds.